The molecule has 32 heavy (non-hydrogen) atoms. The van der Waals surface area contributed by atoms with Crippen molar-refractivity contribution >= 4 is 40.3 Å². The van der Waals surface area contributed by atoms with Crippen molar-refractivity contribution in [2.75, 3.05) is 0 Å². The number of rotatable bonds is 7. The predicted molar refractivity (Wildman–Crippen MR) is 127 cm³/mol. The average molecular weight is 448 g/mol. The minimum absolute atomic E-state index is 0.0104. The molecule has 4 rings (SSSR count). The SMILES string of the molecule is CCCCc1ccc(N=C2NC(=O)C(=Cc3ccc(-c4cccc([N+](=O)[O-])c4)o3)S2)cc1. The molecule has 1 fully saturated rings. The van der Waals surface area contributed by atoms with Crippen molar-refractivity contribution in [1.29, 1.82) is 0 Å². The molecule has 0 aliphatic carbocycles. The van der Waals surface area contributed by atoms with Crippen LogP contribution in [0.1, 0.15) is 31.1 Å². The van der Waals surface area contributed by atoms with Crippen molar-refractivity contribution in [3.63, 3.8) is 0 Å². The van der Waals surface area contributed by atoms with Crippen molar-refractivity contribution in [1.82, 2.24) is 5.32 Å². The van der Waals surface area contributed by atoms with E-state index < -0.39 is 4.92 Å². The topological polar surface area (TPSA) is 97.7 Å². The molecule has 1 aliphatic heterocycles. The van der Waals surface area contributed by atoms with Gasteiger partial charge in [0.1, 0.15) is 11.5 Å². The second kappa shape index (κ2) is 9.65. The van der Waals surface area contributed by atoms with Gasteiger partial charge in [-0.3, -0.25) is 14.9 Å². The molecule has 2 aromatic carbocycles. The summed E-state index contributed by atoms with van der Waals surface area (Å²) in [5, 5.41) is 14.3. The highest BCUT2D eigenvalue weighted by atomic mass is 32.2. The zero-order chi connectivity index (χ0) is 22.5. The lowest BCUT2D eigenvalue weighted by atomic mass is 10.1. The van der Waals surface area contributed by atoms with Crippen LogP contribution < -0.4 is 5.32 Å². The summed E-state index contributed by atoms with van der Waals surface area (Å²) in [6.45, 7) is 2.17. The number of nitro benzene ring substituents is 1. The Morgan fingerprint density at radius 2 is 1.97 bits per heavy atom. The largest absolute Gasteiger partial charge is 0.457 e. The van der Waals surface area contributed by atoms with E-state index in [0.29, 0.717) is 27.2 Å². The van der Waals surface area contributed by atoms with Gasteiger partial charge in [0.05, 0.1) is 15.5 Å². The molecule has 0 atom stereocenters. The number of furan rings is 1. The smallest absolute Gasteiger partial charge is 0.270 e. The second-order valence-electron chi connectivity index (χ2n) is 7.26. The van der Waals surface area contributed by atoms with Gasteiger partial charge in [0.15, 0.2) is 5.17 Å². The molecule has 162 valence electrons. The molecule has 3 aromatic rings. The number of aliphatic imine (C=N–C) groups is 1. The maximum Gasteiger partial charge on any atom is 0.270 e. The van der Waals surface area contributed by atoms with E-state index in [1.807, 2.05) is 12.1 Å². The summed E-state index contributed by atoms with van der Waals surface area (Å²) in [5.74, 6) is 0.716. The zero-order valence-electron chi connectivity index (χ0n) is 17.4. The molecule has 7 nitrogen and oxygen atoms in total. The van der Waals surface area contributed by atoms with Crippen LogP contribution in [0.3, 0.4) is 0 Å². The van der Waals surface area contributed by atoms with Crippen LogP contribution >= 0.6 is 11.8 Å². The molecule has 1 saturated heterocycles. The number of benzene rings is 2. The normalized spacial score (nSPS) is 16.0. The van der Waals surface area contributed by atoms with Gasteiger partial charge < -0.3 is 9.73 Å². The first-order valence-electron chi connectivity index (χ1n) is 10.2. The Bertz CT molecular complexity index is 1210. The summed E-state index contributed by atoms with van der Waals surface area (Å²) in [6.07, 6.45) is 5.00. The van der Waals surface area contributed by atoms with Gasteiger partial charge in [-0.15, -0.1) is 0 Å². The third-order valence-electron chi connectivity index (χ3n) is 4.88. The van der Waals surface area contributed by atoms with Gasteiger partial charge in [0, 0.05) is 23.8 Å². The molecule has 0 radical (unpaired) electrons. The molecule has 0 bridgehead atoms. The zero-order valence-corrected chi connectivity index (χ0v) is 18.2. The lowest BCUT2D eigenvalue weighted by Gasteiger charge is -2.01. The van der Waals surface area contributed by atoms with Crippen LogP contribution in [0.4, 0.5) is 11.4 Å². The number of hydrogen-bond acceptors (Lipinski definition) is 6. The molecule has 1 aliphatic rings. The Balaban J connectivity index is 1.48. The molecule has 2 heterocycles. The van der Waals surface area contributed by atoms with Gasteiger partial charge in [-0.1, -0.05) is 37.6 Å². The maximum atomic E-state index is 12.4. The highest BCUT2D eigenvalue weighted by molar-refractivity contribution is 8.18. The third kappa shape index (κ3) is 5.15. The number of nitrogens with one attached hydrogen (secondary N) is 1. The number of thioether (sulfide) groups is 1. The number of aryl methyl sites for hydroxylation is 1. The minimum Gasteiger partial charge on any atom is -0.457 e. The lowest BCUT2D eigenvalue weighted by Crippen LogP contribution is -2.19. The van der Waals surface area contributed by atoms with E-state index in [1.165, 1.54) is 29.5 Å². The van der Waals surface area contributed by atoms with Crippen molar-refractivity contribution in [3.05, 3.63) is 87.0 Å². The number of nitro groups is 1. The fourth-order valence-electron chi connectivity index (χ4n) is 3.20. The van der Waals surface area contributed by atoms with Crippen LogP contribution in [0.5, 0.6) is 0 Å². The molecule has 1 N–H and O–H groups in total. The Labute approximate surface area is 189 Å². The first-order valence-corrected chi connectivity index (χ1v) is 11.1. The van der Waals surface area contributed by atoms with Crippen LogP contribution in [0.25, 0.3) is 17.4 Å². The lowest BCUT2D eigenvalue weighted by molar-refractivity contribution is -0.384. The number of amides is 1. The number of unbranched alkanes of at least 4 members (excludes halogenated alkanes) is 1. The highest BCUT2D eigenvalue weighted by Crippen LogP contribution is 2.31. The Morgan fingerprint density at radius 3 is 2.72 bits per heavy atom. The number of non-ortho nitro benzene ring substituents is 1. The quantitative estimate of drug-likeness (QED) is 0.268. The summed E-state index contributed by atoms with van der Waals surface area (Å²) >= 11 is 1.24. The molecule has 1 amide bonds. The maximum absolute atomic E-state index is 12.4. The van der Waals surface area contributed by atoms with Crippen molar-refractivity contribution in [2.45, 2.75) is 26.2 Å². The van der Waals surface area contributed by atoms with Gasteiger partial charge in [-0.05, 0) is 54.4 Å². The molecule has 0 saturated carbocycles. The number of carbonyl (C=O) groups excluding carboxylic acids is 1. The van der Waals surface area contributed by atoms with E-state index in [4.69, 9.17) is 4.42 Å². The van der Waals surface area contributed by atoms with Crippen LogP contribution in [0, 0.1) is 10.1 Å². The average Bonchev–Trinajstić information content (AvgIpc) is 3.40. The fourth-order valence-corrected chi connectivity index (χ4v) is 4.03. The van der Waals surface area contributed by atoms with Crippen molar-refractivity contribution in [3.8, 4) is 11.3 Å². The summed E-state index contributed by atoms with van der Waals surface area (Å²) in [7, 11) is 0. The van der Waals surface area contributed by atoms with Gasteiger partial charge in [-0.2, -0.15) is 0 Å². The van der Waals surface area contributed by atoms with E-state index in [-0.39, 0.29) is 11.6 Å². The van der Waals surface area contributed by atoms with E-state index in [2.05, 4.69) is 29.4 Å². The Kier molecular flexibility index (Phi) is 6.51. The highest BCUT2D eigenvalue weighted by Gasteiger charge is 2.24. The molecular formula is C24H21N3O4S. The number of nitrogens with zero attached hydrogens (tertiary/aromatic N) is 2. The number of amidine groups is 1. The van der Waals surface area contributed by atoms with Crippen molar-refractivity contribution < 1.29 is 14.1 Å². The van der Waals surface area contributed by atoms with Crippen LogP contribution in [-0.2, 0) is 11.2 Å². The molecular weight excluding hydrogens is 426 g/mol. The molecule has 0 unspecified atom stereocenters. The van der Waals surface area contributed by atoms with Crippen LogP contribution in [0.15, 0.2) is 75.0 Å². The Morgan fingerprint density at radius 1 is 1.16 bits per heavy atom. The summed E-state index contributed by atoms with van der Waals surface area (Å²) in [4.78, 5) is 27.9. The van der Waals surface area contributed by atoms with Crippen LogP contribution in [-0.4, -0.2) is 16.0 Å². The number of carbonyl (C=O) groups is 1. The van der Waals surface area contributed by atoms with E-state index in [1.54, 1.807) is 30.3 Å². The van der Waals surface area contributed by atoms with E-state index >= 15 is 0 Å². The Hall–Kier alpha value is -3.65. The minimum atomic E-state index is -0.450. The summed E-state index contributed by atoms with van der Waals surface area (Å²) in [6, 6.07) is 17.7. The molecule has 1 aromatic heterocycles. The second-order valence-corrected chi connectivity index (χ2v) is 8.29. The predicted octanol–water partition coefficient (Wildman–Crippen LogP) is 6.09. The number of hydrogen-bond donors (Lipinski definition) is 1. The molecule has 8 heteroatoms. The standard InChI is InChI=1S/C24H21N3O4S/c1-2-3-5-16-8-10-18(11-9-16)25-24-26-23(28)22(32-24)15-20-12-13-21(31-20)17-6-4-7-19(14-17)27(29)30/h4,6-15H,2-3,5H2,1H3,(H,25,26,28). The van der Waals surface area contributed by atoms with E-state index in [9.17, 15) is 14.9 Å². The first-order chi connectivity index (χ1) is 15.5. The molecule has 0 spiro atoms. The monoisotopic (exact) mass is 447 g/mol. The van der Waals surface area contributed by atoms with Gasteiger partial charge in [0.25, 0.3) is 11.6 Å². The van der Waals surface area contributed by atoms with E-state index in [0.717, 1.165) is 24.9 Å². The van der Waals surface area contributed by atoms with Gasteiger partial charge >= 0.3 is 0 Å². The van der Waals surface area contributed by atoms with Gasteiger partial charge in [0.2, 0.25) is 0 Å². The van der Waals surface area contributed by atoms with Gasteiger partial charge in [-0.25, -0.2) is 4.99 Å². The fraction of sp³-hybridized carbons (Fsp3) is 0.167. The first kappa shape index (κ1) is 21.6. The summed E-state index contributed by atoms with van der Waals surface area (Å²) in [5.41, 5.74) is 2.64. The van der Waals surface area contributed by atoms with Crippen LogP contribution in [0.2, 0.25) is 0 Å². The third-order valence-corrected chi connectivity index (χ3v) is 5.79. The summed E-state index contributed by atoms with van der Waals surface area (Å²) < 4.78 is 5.78. The van der Waals surface area contributed by atoms with Crippen molar-refractivity contribution in [2.24, 2.45) is 4.99 Å².